The molecule has 0 amide bonds. The summed E-state index contributed by atoms with van der Waals surface area (Å²) in [5, 5.41) is 1.68. The van der Waals surface area contributed by atoms with E-state index in [2.05, 4.69) is 4.98 Å². The van der Waals surface area contributed by atoms with Crippen molar-refractivity contribution in [3.05, 3.63) is 60.4 Å². The van der Waals surface area contributed by atoms with E-state index in [9.17, 15) is 8.42 Å². The predicted molar refractivity (Wildman–Crippen MR) is 81.1 cm³/mol. The molecule has 2 heterocycles. The van der Waals surface area contributed by atoms with Crippen molar-refractivity contribution in [3.8, 4) is 0 Å². The maximum atomic E-state index is 10.4. The maximum absolute atomic E-state index is 10.4. The minimum absolute atomic E-state index is 0.0741. The Kier molecular flexibility index (Phi) is 4.69. The highest BCUT2D eigenvalue weighted by molar-refractivity contribution is 7.85. The Hall–Kier alpha value is -2.22. The second-order valence-corrected chi connectivity index (χ2v) is 5.67. The topological polar surface area (TPSA) is 96.5 Å². The fourth-order valence-corrected chi connectivity index (χ4v) is 2.25. The number of fused-ring (bicyclic) bond motifs is 1. The van der Waals surface area contributed by atoms with Gasteiger partial charge in [-0.15, -0.1) is 0 Å². The van der Waals surface area contributed by atoms with Gasteiger partial charge in [-0.05, 0) is 30.3 Å². The zero-order valence-corrected chi connectivity index (χ0v) is 11.9. The van der Waals surface area contributed by atoms with Gasteiger partial charge in [0.15, 0.2) is 0 Å². The van der Waals surface area contributed by atoms with E-state index >= 15 is 0 Å². The van der Waals surface area contributed by atoms with Crippen LogP contribution >= 0.6 is 0 Å². The molecule has 0 unspecified atom stereocenters. The van der Waals surface area contributed by atoms with Gasteiger partial charge in [-0.3, -0.25) is 9.54 Å². The van der Waals surface area contributed by atoms with Crippen LogP contribution in [0.5, 0.6) is 0 Å². The predicted octanol–water partition coefficient (Wildman–Crippen LogP) is 1.72. The van der Waals surface area contributed by atoms with E-state index in [1.807, 2.05) is 24.3 Å². The standard InChI is InChI=1S/C8H9N3.C6H6O3S/c9-11-6-2-3-7-8(11)4-1-5-10-7;7-10(8,9)6-4-2-1-3-5-6/h1-5H,6,9H2;1-5H,(H,7,8,9). The fraction of sp³-hybridized carbons (Fsp3) is 0.0714. The number of anilines is 1. The lowest BCUT2D eigenvalue weighted by Crippen LogP contribution is -2.33. The van der Waals surface area contributed by atoms with Crippen LogP contribution in [0.2, 0.25) is 0 Å². The molecule has 6 nitrogen and oxygen atoms in total. The van der Waals surface area contributed by atoms with Crippen molar-refractivity contribution in [1.29, 1.82) is 0 Å². The molecule has 0 atom stereocenters. The first-order valence-electron chi connectivity index (χ1n) is 6.15. The SMILES string of the molecule is NN1CC=Cc2ncccc21.O=S(=O)(O)c1ccccc1. The Morgan fingerprint density at radius 3 is 2.43 bits per heavy atom. The molecule has 1 aromatic heterocycles. The first-order valence-corrected chi connectivity index (χ1v) is 7.59. The third kappa shape index (κ3) is 4.12. The lowest BCUT2D eigenvalue weighted by molar-refractivity contribution is 0.483. The summed E-state index contributed by atoms with van der Waals surface area (Å²) in [6.45, 7) is 0.763. The van der Waals surface area contributed by atoms with E-state index in [0.717, 1.165) is 17.9 Å². The molecular weight excluding hydrogens is 290 g/mol. The molecule has 7 heteroatoms. The number of nitrogens with zero attached hydrogens (tertiary/aromatic N) is 2. The highest BCUT2D eigenvalue weighted by atomic mass is 32.2. The van der Waals surface area contributed by atoms with Gasteiger partial charge in [-0.25, -0.2) is 5.84 Å². The summed E-state index contributed by atoms with van der Waals surface area (Å²) in [5.74, 6) is 5.69. The Balaban J connectivity index is 0.000000155. The summed E-state index contributed by atoms with van der Waals surface area (Å²) in [6, 6.07) is 11.3. The summed E-state index contributed by atoms with van der Waals surface area (Å²) in [7, 11) is -4.00. The van der Waals surface area contributed by atoms with Gasteiger partial charge >= 0.3 is 0 Å². The molecular formula is C14H15N3O3S. The van der Waals surface area contributed by atoms with Crippen molar-refractivity contribution >= 4 is 21.9 Å². The Morgan fingerprint density at radius 2 is 1.86 bits per heavy atom. The van der Waals surface area contributed by atoms with Crippen LogP contribution in [0.1, 0.15) is 5.69 Å². The average Bonchev–Trinajstić information content (AvgIpc) is 2.49. The smallest absolute Gasteiger partial charge is 0.294 e. The van der Waals surface area contributed by atoms with Crippen LogP contribution in [0.3, 0.4) is 0 Å². The van der Waals surface area contributed by atoms with Gasteiger partial charge in [0.1, 0.15) is 0 Å². The molecule has 3 rings (SSSR count). The van der Waals surface area contributed by atoms with E-state index in [1.54, 1.807) is 29.4 Å². The summed E-state index contributed by atoms with van der Waals surface area (Å²) < 4.78 is 29.2. The largest absolute Gasteiger partial charge is 0.305 e. The van der Waals surface area contributed by atoms with Crippen molar-refractivity contribution in [2.45, 2.75) is 4.90 Å². The first kappa shape index (κ1) is 15.2. The van der Waals surface area contributed by atoms with E-state index in [0.29, 0.717) is 0 Å². The lowest BCUT2D eigenvalue weighted by Gasteiger charge is -2.21. The molecule has 110 valence electrons. The van der Waals surface area contributed by atoms with Crippen molar-refractivity contribution in [2.24, 2.45) is 5.84 Å². The number of hydrogen-bond donors (Lipinski definition) is 2. The summed E-state index contributed by atoms with van der Waals surface area (Å²) in [4.78, 5) is 4.09. The van der Waals surface area contributed by atoms with Crippen LogP contribution in [0.15, 0.2) is 59.6 Å². The monoisotopic (exact) mass is 305 g/mol. The van der Waals surface area contributed by atoms with Gasteiger partial charge in [0, 0.05) is 6.20 Å². The van der Waals surface area contributed by atoms with Gasteiger partial charge in [0.05, 0.1) is 22.8 Å². The Labute approximate surface area is 123 Å². The second kappa shape index (κ2) is 6.49. The van der Waals surface area contributed by atoms with Gasteiger partial charge in [-0.1, -0.05) is 24.3 Å². The summed E-state index contributed by atoms with van der Waals surface area (Å²) >= 11 is 0. The van der Waals surface area contributed by atoms with Gasteiger partial charge in [-0.2, -0.15) is 8.42 Å². The number of rotatable bonds is 1. The first-order chi connectivity index (χ1) is 9.98. The molecule has 0 aliphatic carbocycles. The number of aromatic nitrogens is 1. The molecule has 1 aliphatic heterocycles. The number of hydrogen-bond acceptors (Lipinski definition) is 5. The van der Waals surface area contributed by atoms with Crippen LogP contribution in [0, 0.1) is 0 Å². The minimum atomic E-state index is -4.00. The van der Waals surface area contributed by atoms with Crippen LogP contribution < -0.4 is 10.9 Å². The van der Waals surface area contributed by atoms with Crippen molar-refractivity contribution < 1.29 is 13.0 Å². The molecule has 21 heavy (non-hydrogen) atoms. The number of hydrazine groups is 1. The third-order valence-corrected chi connectivity index (χ3v) is 3.61. The number of benzene rings is 1. The molecule has 3 N–H and O–H groups in total. The zero-order chi connectivity index (χ0) is 15.3. The Bertz CT molecular complexity index is 730. The molecule has 0 radical (unpaired) electrons. The average molecular weight is 305 g/mol. The van der Waals surface area contributed by atoms with Gasteiger partial charge < -0.3 is 5.01 Å². The molecule has 0 fully saturated rings. The zero-order valence-electron chi connectivity index (χ0n) is 11.1. The molecule has 0 saturated carbocycles. The van der Waals surface area contributed by atoms with Crippen molar-refractivity contribution in [1.82, 2.24) is 4.98 Å². The van der Waals surface area contributed by atoms with Crippen molar-refractivity contribution in [2.75, 3.05) is 11.6 Å². The Morgan fingerprint density at radius 1 is 1.14 bits per heavy atom. The summed E-state index contributed by atoms with van der Waals surface area (Å²) in [6.07, 6.45) is 5.75. The molecule has 1 aliphatic rings. The van der Waals surface area contributed by atoms with Crippen LogP contribution in [0.4, 0.5) is 5.69 Å². The molecule has 2 aromatic rings. The van der Waals surface area contributed by atoms with E-state index in [4.69, 9.17) is 10.4 Å². The number of pyridine rings is 1. The second-order valence-electron chi connectivity index (χ2n) is 4.25. The van der Waals surface area contributed by atoms with Gasteiger partial charge in [0.25, 0.3) is 10.1 Å². The fourth-order valence-electron chi connectivity index (χ4n) is 1.75. The van der Waals surface area contributed by atoms with E-state index in [1.165, 1.54) is 12.1 Å². The van der Waals surface area contributed by atoms with Crippen LogP contribution in [0.25, 0.3) is 6.08 Å². The van der Waals surface area contributed by atoms with Crippen LogP contribution in [-0.2, 0) is 10.1 Å². The highest BCUT2D eigenvalue weighted by Gasteiger charge is 2.08. The third-order valence-electron chi connectivity index (χ3n) is 2.74. The van der Waals surface area contributed by atoms with Gasteiger partial charge in [0.2, 0.25) is 0 Å². The number of nitrogens with two attached hydrogens (primary N) is 1. The van der Waals surface area contributed by atoms with Crippen LogP contribution in [-0.4, -0.2) is 24.5 Å². The highest BCUT2D eigenvalue weighted by Crippen LogP contribution is 2.19. The maximum Gasteiger partial charge on any atom is 0.294 e. The molecule has 1 aromatic carbocycles. The molecule has 0 bridgehead atoms. The quantitative estimate of drug-likeness (QED) is 0.615. The van der Waals surface area contributed by atoms with E-state index in [-0.39, 0.29) is 4.90 Å². The minimum Gasteiger partial charge on any atom is -0.305 e. The lowest BCUT2D eigenvalue weighted by atomic mass is 10.2. The van der Waals surface area contributed by atoms with Crippen molar-refractivity contribution in [3.63, 3.8) is 0 Å². The summed E-state index contributed by atoms with van der Waals surface area (Å²) in [5.41, 5.74) is 1.94. The van der Waals surface area contributed by atoms with E-state index < -0.39 is 10.1 Å². The molecule has 0 saturated heterocycles. The normalized spacial score (nSPS) is 13.1. The molecule has 0 spiro atoms.